The molecule has 8 heteroatoms. The molecule has 164 valence electrons. The van der Waals surface area contributed by atoms with Gasteiger partial charge in [0, 0.05) is 25.6 Å². The van der Waals surface area contributed by atoms with Crippen molar-refractivity contribution in [1.29, 1.82) is 0 Å². The molecule has 0 aromatic carbocycles. The van der Waals surface area contributed by atoms with Gasteiger partial charge in [-0.1, -0.05) is 40.5 Å². The highest BCUT2D eigenvalue weighted by Crippen LogP contribution is 2.35. The third kappa shape index (κ3) is 6.72. The Bertz CT molecular complexity index is 621. The molecule has 0 unspecified atom stereocenters. The van der Waals surface area contributed by atoms with Gasteiger partial charge in [0.2, 0.25) is 5.91 Å². The van der Waals surface area contributed by atoms with Crippen LogP contribution in [0.2, 0.25) is 0 Å². The van der Waals surface area contributed by atoms with Gasteiger partial charge in [0.15, 0.2) is 6.61 Å². The lowest BCUT2D eigenvalue weighted by molar-refractivity contribution is -0.152. The highest BCUT2D eigenvalue weighted by Gasteiger charge is 2.42. The second-order valence-electron chi connectivity index (χ2n) is 8.88. The van der Waals surface area contributed by atoms with E-state index >= 15 is 0 Å². The molecular formula is C21H35N3O5. The van der Waals surface area contributed by atoms with E-state index in [0.29, 0.717) is 30.8 Å². The normalized spacial score (nSPS) is 27.1. The van der Waals surface area contributed by atoms with Gasteiger partial charge in [-0.15, -0.1) is 0 Å². The van der Waals surface area contributed by atoms with Crippen molar-refractivity contribution < 1.29 is 23.9 Å². The van der Waals surface area contributed by atoms with Crippen molar-refractivity contribution in [2.75, 3.05) is 19.7 Å². The SMILES string of the molecule is CC(C)CCNC(=O)NC(=O)COC(=O)[C@@H]1CC(=O)N([C@@H]2CCC[C@H](C)[C@H]2C)C1. The standard InChI is InChI=1S/C21H35N3O5/c1-13(2)8-9-22-21(28)23-18(25)12-29-20(27)16-10-19(26)24(11-16)17-7-5-6-14(3)15(17)4/h13-17H,5-12H2,1-4H3,(H2,22,23,25,28)/t14-,15+,16+,17+/m0/s1. The molecule has 1 heterocycles. The summed E-state index contributed by atoms with van der Waals surface area (Å²) in [6.07, 6.45) is 4.15. The summed E-state index contributed by atoms with van der Waals surface area (Å²) in [7, 11) is 0. The molecule has 1 saturated heterocycles. The minimum atomic E-state index is -0.684. The van der Waals surface area contributed by atoms with E-state index in [2.05, 4.69) is 24.5 Å². The summed E-state index contributed by atoms with van der Waals surface area (Å²) in [4.78, 5) is 50.0. The Labute approximate surface area is 173 Å². The van der Waals surface area contributed by atoms with Crippen LogP contribution in [-0.2, 0) is 19.1 Å². The number of amides is 4. The quantitative estimate of drug-likeness (QED) is 0.627. The van der Waals surface area contributed by atoms with Gasteiger partial charge in [-0.2, -0.15) is 0 Å². The first-order valence-corrected chi connectivity index (χ1v) is 10.7. The number of rotatable bonds is 7. The third-order valence-corrected chi connectivity index (χ3v) is 6.16. The molecule has 0 radical (unpaired) electrons. The van der Waals surface area contributed by atoms with Gasteiger partial charge >= 0.3 is 12.0 Å². The lowest BCUT2D eigenvalue weighted by Gasteiger charge is -2.39. The highest BCUT2D eigenvalue weighted by atomic mass is 16.5. The number of urea groups is 1. The molecule has 0 spiro atoms. The van der Waals surface area contributed by atoms with E-state index in [0.717, 1.165) is 19.3 Å². The van der Waals surface area contributed by atoms with E-state index in [-0.39, 0.29) is 18.4 Å². The summed E-state index contributed by atoms with van der Waals surface area (Å²) in [6.45, 7) is 8.73. The largest absolute Gasteiger partial charge is 0.455 e. The minimum absolute atomic E-state index is 0.0214. The van der Waals surface area contributed by atoms with Crippen LogP contribution in [0.5, 0.6) is 0 Å². The second kappa shape index (κ2) is 10.6. The Kier molecular flexibility index (Phi) is 8.46. The predicted molar refractivity (Wildman–Crippen MR) is 108 cm³/mol. The molecule has 0 aromatic rings. The molecular weight excluding hydrogens is 374 g/mol. The van der Waals surface area contributed by atoms with Crippen molar-refractivity contribution in [1.82, 2.24) is 15.5 Å². The maximum absolute atomic E-state index is 12.5. The van der Waals surface area contributed by atoms with Crippen LogP contribution in [0.4, 0.5) is 4.79 Å². The molecule has 0 bridgehead atoms. The zero-order valence-electron chi connectivity index (χ0n) is 18.0. The van der Waals surface area contributed by atoms with Crippen molar-refractivity contribution in [2.45, 2.75) is 65.8 Å². The smallest absolute Gasteiger partial charge is 0.321 e. The van der Waals surface area contributed by atoms with Gasteiger partial charge in [-0.3, -0.25) is 19.7 Å². The maximum atomic E-state index is 12.5. The Balaban J connectivity index is 1.74. The number of imide groups is 1. The van der Waals surface area contributed by atoms with E-state index in [1.54, 1.807) is 0 Å². The topological polar surface area (TPSA) is 105 Å². The van der Waals surface area contributed by atoms with Crippen molar-refractivity contribution in [2.24, 2.45) is 23.7 Å². The fraction of sp³-hybridized carbons (Fsp3) is 0.810. The minimum Gasteiger partial charge on any atom is -0.455 e. The van der Waals surface area contributed by atoms with Crippen LogP contribution in [0.3, 0.4) is 0 Å². The Hall–Kier alpha value is -2.12. The van der Waals surface area contributed by atoms with E-state index < -0.39 is 30.4 Å². The first kappa shape index (κ1) is 23.2. The monoisotopic (exact) mass is 409 g/mol. The maximum Gasteiger partial charge on any atom is 0.321 e. The number of esters is 1. The van der Waals surface area contributed by atoms with Crippen LogP contribution in [0.1, 0.15) is 59.8 Å². The average molecular weight is 410 g/mol. The lowest BCUT2D eigenvalue weighted by Crippen LogP contribution is -2.45. The first-order chi connectivity index (χ1) is 13.7. The molecule has 2 fully saturated rings. The van der Waals surface area contributed by atoms with Crippen LogP contribution in [0.25, 0.3) is 0 Å². The average Bonchev–Trinajstić information content (AvgIpc) is 3.03. The predicted octanol–water partition coefficient (Wildman–Crippen LogP) is 2.07. The van der Waals surface area contributed by atoms with Gasteiger partial charge in [-0.25, -0.2) is 4.79 Å². The molecule has 2 rings (SSSR count). The number of nitrogens with one attached hydrogen (secondary N) is 2. The molecule has 1 aliphatic heterocycles. The zero-order chi connectivity index (χ0) is 21.6. The summed E-state index contributed by atoms with van der Waals surface area (Å²) in [5, 5.41) is 4.72. The summed E-state index contributed by atoms with van der Waals surface area (Å²) in [6, 6.07) is -0.434. The van der Waals surface area contributed by atoms with E-state index in [4.69, 9.17) is 4.74 Å². The highest BCUT2D eigenvalue weighted by molar-refractivity contribution is 5.96. The lowest BCUT2D eigenvalue weighted by atomic mass is 9.77. The third-order valence-electron chi connectivity index (χ3n) is 6.16. The Morgan fingerprint density at radius 2 is 1.93 bits per heavy atom. The van der Waals surface area contributed by atoms with Crippen LogP contribution in [-0.4, -0.2) is 54.5 Å². The van der Waals surface area contributed by atoms with E-state index in [1.807, 2.05) is 18.7 Å². The molecule has 1 saturated carbocycles. The Morgan fingerprint density at radius 1 is 1.21 bits per heavy atom. The van der Waals surface area contributed by atoms with Gasteiger partial charge in [-0.05, 0) is 30.6 Å². The fourth-order valence-electron chi connectivity index (χ4n) is 4.14. The zero-order valence-corrected chi connectivity index (χ0v) is 18.0. The molecule has 1 aliphatic carbocycles. The summed E-state index contributed by atoms with van der Waals surface area (Å²) < 4.78 is 5.05. The molecule has 4 amide bonds. The summed E-state index contributed by atoms with van der Waals surface area (Å²) in [5.74, 6) is -0.415. The number of hydrogen-bond donors (Lipinski definition) is 2. The number of nitrogens with zero attached hydrogens (tertiary/aromatic N) is 1. The van der Waals surface area contributed by atoms with Crippen LogP contribution in [0, 0.1) is 23.7 Å². The first-order valence-electron chi connectivity index (χ1n) is 10.7. The van der Waals surface area contributed by atoms with Gasteiger partial charge in [0.05, 0.1) is 5.92 Å². The van der Waals surface area contributed by atoms with E-state index in [1.165, 1.54) is 6.42 Å². The summed E-state index contributed by atoms with van der Waals surface area (Å²) >= 11 is 0. The van der Waals surface area contributed by atoms with Crippen LogP contribution >= 0.6 is 0 Å². The number of carbonyl (C=O) groups excluding carboxylic acids is 4. The fourth-order valence-corrected chi connectivity index (χ4v) is 4.14. The molecule has 2 aliphatic rings. The number of carbonyl (C=O) groups is 4. The van der Waals surface area contributed by atoms with Crippen molar-refractivity contribution in [3.05, 3.63) is 0 Å². The van der Waals surface area contributed by atoms with Crippen molar-refractivity contribution in [3.63, 3.8) is 0 Å². The molecule has 29 heavy (non-hydrogen) atoms. The number of likely N-dealkylation sites (tertiary alicyclic amines) is 1. The molecule has 0 aromatic heterocycles. The van der Waals surface area contributed by atoms with E-state index in [9.17, 15) is 19.2 Å². The molecule has 4 atom stereocenters. The summed E-state index contributed by atoms with van der Waals surface area (Å²) in [5.41, 5.74) is 0. The molecule has 2 N–H and O–H groups in total. The molecule has 8 nitrogen and oxygen atoms in total. The van der Waals surface area contributed by atoms with Gasteiger partial charge < -0.3 is 15.0 Å². The second-order valence-corrected chi connectivity index (χ2v) is 8.88. The van der Waals surface area contributed by atoms with Crippen LogP contribution < -0.4 is 10.6 Å². The Morgan fingerprint density at radius 3 is 2.62 bits per heavy atom. The van der Waals surface area contributed by atoms with Gasteiger partial charge in [0.1, 0.15) is 0 Å². The van der Waals surface area contributed by atoms with Crippen LogP contribution in [0.15, 0.2) is 0 Å². The van der Waals surface area contributed by atoms with Crippen molar-refractivity contribution in [3.8, 4) is 0 Å². The number of ether oxygens (including phenoxy) is 1. The number of hydrogen-bond acceptors (Lipinski definition) is 5. The van der Waals surface area contributed by atoms with Gasteiger partial charge in [0.25, 0.3) is 5.91 Å². The van der Waals surface area contributed by atoms with Crippen molar-refractivity contribution >= 4 is 23.8 Å².